The average Bonchev–Trinajstić information content (AvgIpc) is 1.79. The van der Waals surface area contributed by atoms with Crippen LogP contribution in [0.2, 0.25) is 0 Å². The van der Waals surface area contributed by atoms with Gasteiger partial charge in [-0.05, 0) is 6.42 Å². The third-order valence-corrected chi connectivity index (χ3v) is 1.82. The van der Waals surface area contributed by atoms with E-state index in [1.54, 1.807) is 0 Å². The van der Waals surface area contributed by atoms with Crippen molar-refractivity contribution >= 4 is 0 Å². The zero-order valence-electron chi connectivity index (χ0n) is 5.56. The molecule has 0 amide bonds. The lowest BCUT2D eigenvalue weighted by Crippen LogP contribution is -2.44. The first kappa shape index (κ1) is 7.94. The fourth-order valence-electron chi connectivity index (χ4n) is 1.14. The molecule has 0 aromatic heterocycles. The molecule has 60 valence electrons. The van der Waals surface area contributed by atoms with Crippen molar-refractivity contribution in [2.24, 2.45) is 0 Å². The quantitative estimate of drug-likeness (QED) is 0.318. The zero-order chi connectivity index (χ0) is 7.78. The van der Waals surface area contributed by atoms with Gasteiger partial charge in [0.1, 0.15) is 0 Å². The molecule has 0 heterocycles. The summed E-state index contributed by atoms with van der Waals surface area (Å²) in [5.41, 5.74) is 0. The summed E-state index contributed by atoms with van der Waals surface area (Å²) in [6.07, 6.45) is -1.58. The van der Waals surface area contributed by atoms with Gasteiger partial charge in [-0.25, -0.2) is 0 Å². The maximum atomic E-state index is 8.95. The van der Waals surface area contributed by atoms with Crippen LogP contribution >= 0.6 is 0 Å². The topological polar surface area (TPSA) is 80.9 Å². The predicted molar refractivity (Wildman–Crippen MR) is 33.0 cm³/mol. The third-order valence-electron chi connectivity index (χ3n) is 1.82. The maximum Gasteiger partial charge on any atom is 0.165 e. The van der Waals surface area contributed by atoms with Crippen LogP contribution in [0.4, 0.5) is 0 Å². The number of hydrogen-bond acceptors (Lipinski definition) is 4. The van der Waals surface area contributed by atoms with Crippen molar-refractivity contribution in [2.75, 3.05) is 0 Å². The Morgan fingerprint density at radius 1 is 1.10 bits per heavy atom. The molecule has 0 aromatic carbocycles. The highest BCUT2D eigenvalue weighted by atomic mass is 16.5. The summed E-state index contributed by atoms with van der Waals surface area (Å²) in [5, 5.41) is 35.8. The van der Waals surface area contributed by atoms with Crippen molar-refractivity contribution in [3.8, 4) is 0 Å². The van der Waals surface area contributed by atoms with Gasteiger partial charge in [-0.1, -0.05) is 0 Å². The van der Waals surface area contributed by atoms with Gasteiger partial charge in [0.25, 0.3) is 0 Å². The molecule has 0 aromatic rings. The van der Waals surface area contributed by atoms with E-state index in [9.17, 15) is 0 Å². The Balaban J connectivity index is 2.49. The Bertz CT molecular complexity index is 123. The van der Waals surface area contributed by atoms with E-state index in [1.807, 2.05) is 0 Å². The zero-order valence-corrected chi connectivity index (χ0v) is 5.56. The van der Waals surface area contributed by atoms with Crippen molar-refractivity contribution in [1.82, 2.24) is 0 Å². The van der Waals surface area contributed by atoms with Gasteiger partial charge in [0.2, 0.25) is 0 Å². The third kappa shape index (κ3) is 1.67. The first-order valence-corrected chi connectivity index (χ1v) is 3.32. The van der Waals surface area contributed by atoms with E-state index in [0.29, 0.717) is 0 Å². The predicted octanol–water partition coefficient (Wildman–Crippen LogP) is -1.43. The number of aliphatic hydroxyl groups excluding tert-OH is 2. The maximum absolute atomic E-state index is 8.95. The standard InChI is InChI=1S/C6H12O4/c7-4-1-2-6(9,10)3-5(4)8/h4-5,7-10H,1-3H2. The second-order valence-electron chi connectivity index (χ2n) is 2.86. The largest absolute Gasteiger partial charge is 0.390 e. The molecule has 1 rings (SSSR count). The summed E-state index contributed by atoms with van der Waals surface area (Å²) in [6, 6.07) is 0. The Hall–Kier alpha value is -0.160. The first-order chi connectivity index (χ1) is 4.51. The van der Waals surface area contributed by atoms with E-state index in [4.69, 9.17) is 20.4 Å². The van der Waals surface area contributed by atoms with Gasteiger partial charge in [0.15, 0.2) is 5.79 Å². The highest BCUT2D eigenvalue weighted by molar-refractivity contribution is 4.82. The summed E-state index contributed by atoms with van der Waals surface area (Å²) in [6.45, 7) is 0. The Labute approximate surface area is 58.7 Å². The summed E-state index contributed by atoms with van der Waals surface area (Å²) in [4.78, 5) is 0. The van der Waals surface area contributed by atoms with Crippen LogP contribution in [0.15, 0.2) is 0 Å². The Kier molecular flexibility index (Phi) is 1.96. The lowest BCUT2D eigenvalue weighted by Gasteiger charge is -2.32. The summed E-state index contributed by atoms with van der Waals surface area (Å²) >= 11 is 0. The second-order valence-corrected chi connectivity index (χ2v) is 2.86. The SMILES string of the molecule is OC1CCC(O)(O)CC1O. The smallest absolute Gasteiger partial charge is 0.165 e. The highest BCUT2D eigenvalue weighted by Crippen LogP contribution is 2.25. The van der Waals surface area contributed by atoms with Crippen molar-refractivity contribution in [3.05, 3.63) is 0 Å². The summed E-state index contributed by atoms with van der Waals surface area (Å²) < 4.78 is 0. The molecule has 0 bridgehead atoms. The lowest BCUT2D eigenvalue weighted by molar-refractivity contribution is -0.217. The van der Waals surface area contributed by atoms with Crippen LogP contribution < -0.4 is 0 Å². The summed E-state index contributed by atoms with van der Waals surface area (Å²) in [7, 11) is 0. The molecule has 1 saturated carbocycles. The van der Waals surface area contributed by atoms with Crippen molar-refractivity contribution < 1.29 is 20.4 Å². The van der Waals surface area contributed by atoms with Crippen molar-refractivity contribution in [1.29, 1.82) is 0 Å². The number of rotatable bonds is 0. The molecule has 0 radical (unpaired) electrons. The number of aliphatic hydroxyl groups is 4. The molecule has 0 saturated heterocycles. The van der Waals surface area contributed by atoms with E-state index in [0.717, 1.165) is 0 Å². The van der Waals surface area contributed by atoms with Crippen LogP contribution in [0.25, 0.3) is 0 Å². The summed E-state index contributed by atoms with van der Waals surface area (Å²) in [5.74, 6) is -1.78. The molecule has 10 heavy (non-hydrogen) atoms. The average molecular weight is 148 g/mol. The molecule has 4 heteroatoms. The fraction of sp³-hybridized carbons (Fsp3) is 1.00. The van der Waals surface area contributed by atoms with Crippen molar-refractivity contribution in [3.63, 3.8) is 0 Å². The van der Waals surface area contributed by atoms with E-state index in [-0.39, 0.29) is 19.3 Å². The van der Waals surface area contributed by atoms with Gasteiger partial charge in [-0.3, -0.25) is 0 Å². The molecule has 1 fully saturated rings. The second kappa shape index (κ2) is 2.47. The van der Waals surface area contributed by atoms with Crippen LogP contribution in [0.3, 0.4) is 0 Å². The van der Waals surface area contributed by atoms with Crippen LogP contribution in [0, 0.1) is 0 Å². The minimum Gasteiger partial charge on any atom is -0.390 e. The van der Waals surface area contributed by atoms with Gasteiger partial charge in [0.05, 0.1) is 12.2 Å². The fourth-order valence-corrected chi connectivity index (χ4v) is 1.14. The molecule has 0 aliphatic heterocycles. The molecular weight excluding hydrogens is 136 g/mol. The van der Waals surface area contributed by atoms with Gasteiger partial charge in [-0.2, -0.15) is 0 Å². The molecule has 2 atom stereocenters. The van der Waals surface area contributed by atoms with Crippen LogP contribution in [-0.2, 0) is 0 Å². The minimum atomic E-state index is -1.78. The van der Waals surface area contributed by atoms with Crippen LogP contribution in [-0.4, -0.2) is 38.4 Å². The van der Waals surface area contributed by atoms with Gasteiger partial charge in [0, 0.05) is 12.8 Å². The Morgan fingerprint density at radius 2 is 1.70 bits per heavy atom. The molecule has 2 unspecified atom stereocenters. The first-order valence-electron chi connectivity index (χ1n) is 3.32. The van der Waals surface area contributed by atoms with E-state index in [2.05, 4.69) is 0 Å². The van der Waals surface area contributed by atoms with E-state index in [1.165, 1.54) is 0 Å². The van der Waals surface area contributed by atoms with Gasteiger partial charge >= 0.3 is 0 Å². The monoisotopic (exact) mass is 148 g/mol. The van der Waals surface area contributed by atoms with Gasteiger partial charge < -0.3 is 20.4 Å². The highest BCUT2D eigenvalue weighted by Gasteiger charge is 2.35. The molecule has 4 nitrogen and oxygen atoms in total. The van der Waals surface area contributed by atoms with Gasteiger partial charge in [-0.15, -0.1) is 0 Å². The molecule has 4 N–H and O–H groups in total. The molecule has 0 spiro atoms. The minimum absolute atomic E-state index is 0.130. The normalized spacial score (nSPS) is 39.6. The number of hydrogen-bond donors (Lipinski definition) is 4. The van der Waals surface area contributed by atoms with E-state index >= 15 is 0 Å². The van der Waals surface area contributed by atoms with Crippen molar-refractivity contribution in [2.45, 2.75) is 37.3 Å². The molecular formula is C6H12O4. The van der Waals surface area contributed by atoms with E-state index < -0.39 is 18.0 Å². The Morgan fingerprint density at radius 3 is 2.10 bits per heavy atom. The van der Waals surface area contributed by atoms with Crippen LogP contribution in [0.1, 0.15) is 19.3 Å². The molecule has 1 aliphatic carbocycles. The molecule has 1 aliphatic rings. The van der Waals surface area contributed by atoms with Crippen LogP contribution in [0.5, 0.6) is 0 Å². The lowest BCUT2D eigenvalue weighted by atomic mass is 9.90.